The Bertz CT molecular complexity index is 384. The van der Waals surface area contributed by atoms with E-state index in [2.05, 4.69) is 29.8 Å². The molecule has 0 unspecified atom stereocenters. The molecular formula is C14H19BrO2. The molecule has 3 heteroatoms. The van der Waals surface area contributed by atoms with Gasteiger partial charge in [0.05, 0.1) is 7.11 Å². The Balaban J connectivity index is 2.83. The molecule has 2 nitrogen and oxygen atoms in total. The molecule has 0 spiro atoms. The first kappa shape index (κ1) is 14.2. The predicted octanol–water partition coefficient (Wildman–Crippen LogP) is 4.01. The minimum absolute atomic E-state index is 0.174. The first-order chi connectivity index (χ1) is 8.12. The highest BCUT2D eigenvalue weighted by Gasteiger charge is 2.16. The number of rotatable bonds is 6. The quantitative estimate of drug-likeness (QED) is 0.793. The molecule has 0 aliphatic heterocycles. The first-order valence-electron chi connectivity index (χ1n) is 5.97. The topological polar surface area (TPSA) is 26.3 Å². The van der Waals surface area contributed by atoms with Crippen molar-refractivity contribution in [3.63, 3.8) is 0 Å². The van der Waals surface area contributed by atoms with Crippen LogP contribution in [-0.2, 0) is 11.2 Å². The summed E-state index contributed by atoms with van der Waals surface area (Å²) < 4.78 is 6.14. The maximum atomic E-state index is 12.1. The van der Waals surface area contributed by atoms with Gasteiger partial charge in [-0.05, 0) is 36.6 Å². The van der Waals surface area contributed by atoms with Crippen molar-refractivity contribution in [3.05, 3.63) is 28.2 Å². The summed E-state index contributed by atoms with van der Waals surface area (Å²) in [7, 11) is 1.63. The molecule has 0 bridgehead atoms. The maximum Gasteiger partial charge on any atom is 0.140 e. The third-order valence-corrected chi connectivity index (χ3v) is 3.83. The number of hydrogen-bond donors (Lipinski definition) is 0. The molecule has 1 rings (SSSR count). The van der Waals surface area contributed by atoms with Crippen molar-refractivity contribution >= 4 is 21.7 Å². The summed E-state index contributed by atoms with van der Waals surface area (Å²) in [6.07, 6.45) is 2.30. The van der Waals surface area contributed by atoms with Crippen LogP contribution >= 0.6 is 15.9 Å². The number of ether oxygens (including phenoxy) is 1. The van der Waals surface area contributed by atoms with Crippen LogP contribution in [0.3, 0.4) is 0 Å². The smallest absolute Gasteiger partial charge is 0.140 e. The van der Waals surface area contributed by atoms with Gasteiger partial charge in [-0.3, -0.25) is 4.79 Å². The summed E-state index contributed by atoms with van der Waals surface area (Å²) in [5.41, 5.74) is 1.00. The van der Waals surface area contributed by atoms with E-state index in [9.17, 15) is 4.79 Å². The van der Waals surface area contributed by atoms with Gasteiger partial charge in [-0.25, -0.2) is 0 Å². The van der Waals surface area contributed by atoms with Crippen LogP contribution in [0.2, 0.25) is 0 Å². The van der Waals surface area contributed by atoms with Crippen molar-refractivity contribution in [1.29, 1.82) is 0 Å². The fourth-order valence-electron chi connectivity index (χ4n) is 1.89. The molecule has 0 aliphatic rings. The van der Waals surface area contributed by atoms with Crippen molar-refractivity contribution in [2.45, 2.75) is 33.1 Å². The molecule has 0 atom stereocenters. The van der Waals surface area contributed by atoms with Gasteiger partial charge in [0.1, 0.15) is 11.5 Å². The van der Waals surface area contributed by atoms with Gasteiger partial charge in [0.25, 0.3) is 0 Å². The number of methoxy groups -OCH3 is 1. The van der Waals surface area contributed by atoms with Gasteiger partial charge in [0.15, 0.2) is 0 Å². The second kappa shape index (κ2) is 6.80. The van der Waals surface area contributed by atoms with Crippen LogP contribution in [0.1, 0.15) is 32.3 Å². The van der Waals surface area contributed by atoms with Gasteiger partial charge in [0.2, 0.25) is 0 Å². The van der Waals surface area contributed by atoms with Gasteiger partial charge in [-0.1, -0.05) is 29.8 Å². The molecule has 0 N–H and O–H groups in total. The number of carbonyl (C=O) groups excluding carboxylic acids is 1. The number of benzene rings is 1. The van der Waals surface area contributed by atoms with Crippen LogP contribution in [0.15, 0.2) is 22.7 Å². The van der Waals surface area contributed by atoms with E-state index < -0.39 is 0 Å². The lowest BCUT2D eigenvalue weighted by Crippen LogP contribution is -2.15. The Morgan fingerprint density at radius 3 is 2.53 bits per heavy atom. The lowest BCUT2D eigenvalue weighted by Gasteiger charge is -2.12. The normalized spacial score (nSPS) is 10.6. The van der Waals surface area contributed by atoms with E-state index in [1.807, 2.05) is 18.2 Å². The van der Waals surface area contributed by atoms with Crippen molar-refractivity contribution < 1.29 is 9.53 Å². The second-order valence-corrected chi connectivity index (χ2v) is 4.97. The summed E-state index contributed by atoms with van der Waals surface area (Å²) in [5, 5.41) is 0. The summed E-state index contributed by atoms with van der Waals surface area (Å²) in [6.45, 7) is 4.12. The minimum Gasteiger partial charge on any atom is -0.497 e. The average molecular weight is 299 g/mol. The highest BCUT2D eigenvalue weighted by molar-refractivity contribution is 9.10. The molecule has 0 heterocycles. The lowest BCUT2D eigenvalue weighted by atomic mass is 9.93. The monoisotopic (exact) mass is 298 g/mol. The maximum absolute atomic E-state index is 12.1. The highest BCUT2D eigenvalue weighted by Crippen LogP contribution is 2.24. The molecule has 0 saturated carbocycles. The molecule has 0 fully saturated rings. The fourth-order valence-corrected chi connectivity index (χ4v) is 2.28. The Kier molecular flexibility index (Phi) is 5.69. The van der Waals surface area contributed by atoms with Crippen molar-refractivity contribution in [3.8, 4) is 5.75 Å². The Hall–Kier alpha value is -0.830. The Morgan fingerprint density at radius 1 is 1.35 bits per heavy atom. The van der Waals surface area contributed by atoms with Crippen LogP contribution in [-0.4, -0.2) is 12.9 Å². The number of halogens is 1. The molecule has 0 aliphatic carbocycles. The van der Waals surface area contributed by atoms with Crippen LogP contribution < -0.4 is 4.74 Å². The zero-order valence-electron chi connectivity index (χ0n) is 10.6. The molecule has 0 radical (unpaired) electrons. The summed E-state index contributed by atoms with van der Waals surface area (Å²) in [5.74, 6) is 1.28. The van der Waals surface area contributed by atoms with E-state index in [0.717, 1.165) is 28.6 Å². The fraction of sp³-hybridized carbons (Fsp3) is 0.500. The largest absolute Gasteiger partial charge is 0.497 e. The van der Waals surface area contributed by atoms with Crippen molar-refractivity contribution in [2.75, 3.05) is 7.11 Å². The molecule has 0 amide bonds. The van der Waals surface area contributed by atoms with Gasteiger partial charge in [-0.2, -0.15) is 0 Å². The molecule has 0 aromatic heterocycles. The summed E-state index contributed by atoms with van der Waals surface area (Å²) in [6, 6.07) is 5.73. The molecule has 17 heavy (non-hydrogen) atoms. The molecule has 1 aromatic rings. The third kappa shape index (κ3) is 3.84. The molecule has 94 valence electrons. The van der Waals surface area contributed by atoms with Crippen molar-refractivity contribution in [1.82, 2.24) is 0 Å². The number of Topliss-reactive ketones (excluding diaryl/α,β-unsaturated/α-hetero) is 1. The first-order valence-corrected chi connectivity index (χ1v) is 6.76. The Morgan fingerprint density at radius 2 is 2.00 bits per heavy atom. The van der Waals surface area contributed by atoms with Crippen LogP contribution in [0.25, 0.3) is 0 Å². The highest BCUT2D eigenvalue weighted by atomic mass is 79.9. The van der Waals surface area contributed by atoms with E-state index in [1.54, 1.807) is 7.11 Å². The zero-order valence-corrected chi connectivity index (χ0v) is 12.2. The Labute approximate surface area is 111 Å². The van der Waals surface area contributed by atoms with Crippen LogP contribution in [0, 0.1) is 5.92 Å². The SMILES string of the molecule is CCC(CC)C(=O)Cc1cc(OC)ccc1Br. The number of carbonyl (C=O) groups is 1. The summed E-state index contributed by atoms with van der Waals surface area (Å²) >= 11 is 3.47. The molecule has 0 saturated heterocycles. The van der Waals surface area contributed by atoms with Gasteiger partial charge in [0, 0.05) is 16.8 Å². The summed E-state index contributed by atoms with van der Waals surface area (Å²) in [4.78, 5) is 12.1. The van der Waals surface area contributed by atoms with Gasteiger partial charge in [-0.15, -0.1) is 0 Å². The average Bonchev–Trinajstić information content (AvgIpc) is 2.33. The van der Waals surface area contributed by atoms with E-state index in [-0.39, 0.29) is 5.92 Å². The molecule has 1 aromatic carbocycles. The van der Waals surface area contributed by atoms with Crippen LogP contribution in [0.4, 0.5) is 0 Å². The van der Waals surface area contributed by atoms with E-state index in [0.29, 0.717) is 12.2 Å². The number of hydrogen-bond acceptors (Lipinski definition) is 2. The van der Waals surface area contributed by atoms with Crippen LogP contribution in [0.5, 0.6) is 5.75 Å². The van der Waals surface area contributed by atoms with Crippen molar-refractivity contribution in [2.24, 2.45) is 5.92 Å². The van der Waals surface area contributed by atoms with Gasteiger partial charge >= 0.3 is 0 Å². The third-order valence-electron chi connectivity index (χ3n) is 3.06. The lowest BCUT2D eigenvalue weighted by molar-refractivity contribution is -0.122. The number of ketones is 1. The zero-order chi connectivity index (χ0) is 12.8. The standard InChI is InChI=1S/C14H19BrO2/c1-4-10(5-2)14(16)9-11-8-12(17-3)6-7-13(11)15/h6-8,10H,4-5,9H2,1-3H3. The van der Waals surface area contributed by atoms with E-state index >= 15 is 0 Å². The minimum atomic E-state index is 0.174. The van der Waals surface area contributed by atoms with E-state index in [1.165, 1.54) is 0 Å². The molecular weight excluding hydrogens is 280 g/mol. The van der Waals surface area contributed by atoms with Gasteiger partial charge < -0.3 is 4.74 Å². The predicted molar refractivity (Wildman–Crippen MR) is 73.5 cm³/mol. The second-order valence-electron chi connectivity index (χ2n) is 4.11. The van der Waals surface area contributed by atoms with E-state index in [4.69, 9.17) is 4.74 Å².